The SMILES string of the molecule is CCCNc1cc(N2CCCCC2CCC)nc(N)n1. The second-order valence-corrected chi connectivity index (χ2v) is 5.53. The summed E-state index contributed by atoms with van der Waals surface area (Å²) in [5, 5.41) is 3.30. The fourth-order valence-electron chi connectivity index (χ4n) is 2.88. The van der Waals surface area contributed by atoms with Crippen LogP contribution in [0.15, 0.2) is 6.07 Å². The van der Waals surface area contributed by atoms with Crippen LogP contribution in [-0.2, 0) is 0 Å². The second kappa shape index (κ2) is 7.31. The zero-order valence-electron chi connectivity index (χ0n) is 12.7. The lowest BCUT2D eigenvalue weighted by Gasteiger charge is -2.36. The molecule has 1 aromatic heterocycles. The van der Waals surface area contributed by atoms with Crippen LogP contribution >= 0.6 is 0 Å². The van der Waals surface area contributed by atoms with Gasteiger partial charge < -0.3 is 16.0 Å². The van der Waals surface area contributed by atoms with Gasteiger partial charge in [-0.25, -0.2) is 0 Å². The smallest absolute Gasteiger partial charge is 0.223 e. The number of aromatic nitrogens is 2. The Kier molecular flexibility index (Phi) is 5.44. The highest BCUT2D eigenvalue weighted by Crippen LogP contribution is 2.27. The zero-order valence-corrected chi connectivity index (χ0v) is 12.7. The summed E-state index contributed by atoms with van der Waals surface area (Å²) in [7, 11) is 0. The summed E-state index contributed by atoms with van der Waals surface area (Å²) in [6.07, 6.45) is 7.33. The summed E-state index contributed by atoms with van der Waals surface area (Å²) in [5.74, 6) is 2.19. The topological polar surface area (TPSA) is 67.1 Å². The average Bonchev–Trinajstić information content (AvgIpc) is 2.45. The molecule has 0 saturated carbocycles. The van der Waals surface area contributed by atoms with E-state index in [0.717, 1.165) is 31.1 Å². The van der Waals surface area contributed by atoms with E-state index >= 15 is 0 Å². The van der Waals surface area contributed by atoms with E-state index in [2.05, 4.69) is 34.0 Å². The number of nitrogens with one attached hydrogen (secondary N) is 1. The second-order valence-electron chi connectivity index (χ2n) is 5.53. The molecule has 5 heteroatoms. The Balaban J connectivity index is 2.18. The van der Waals surface area contributed by atoms with Gasteiger partial charge in [-0.1, -0.05) is 20.3 Å². The van der Waals surface area contributed by atoms with E-state index in [1.807, 2.05) is 6.07 Å². The Morgan fingerprint density at radius 3 is 2.90 bits per heavy atom. The van der Waals surface area contributed by atoms with Crippen molar-refractivity contribution >= 4 is 17.6 Å². The lowest BCUT2D eigenvalue weighted by atomic mass is 9.98. The molecule has 1 aromatic rings. The Labute approximate surface area is 122 Å². The minimum Gasteiger partial charge on any atom is -0.370 e. The van der Waals surface area contributed by atoms with Crippen molar-refractivity contribution in [3.8, 4) is 0 Å². The van der Waals surface area contributed by atoms with Gasteiger partial charge in [-0.2, -0.15) is 9.97 Å². The molecule has 0 radical (unpaired) electrons. The van der Waals surface area contributed by atoms with Crippen LogP contribution in [0.4, 0.5) is 17.6 Å². The molecule has 2 rings (SSSR count). The van der Waals surface area contributed by atoms with Gasteiger partial charge in [-0.05, 0) is 32.1 Å². The molecule has 1 atom stereocenters. The minimum atomic E-state index is 0.363. The predicted octanol–water partition coefficient (Wildman–Crippen LogP) is 3.04. The monoisotopic (exact) mass is 277 g/mol. The Morgan fingerprint density at radius 2 is 2.15 bits per heavy atom. The molecule has 0 bridgehead atoms. The van der Waals surface area contributed by atoms with Crippen LogP contribution < -0.4 is 16.0 Å². The highest BCUT2D eigenvalue weighted by Gasteiger charge is 2.23. The van der Waals surface area contributed by atoms with E-state index in [0.29, 0.717) is 12.0 Å². The third-order valence-electron chi connectivity index (χ3n) is 3.83. The van der Waals surface area contributed by atoms with Gasteiger partial charge in [0.05, 0.1) is 0 Å². The number of anilines is 3. The van der Waals surface area contributed by atoms with Gasteiger partial charge in [0.15, 0.2) is 0 Å². The van der Waals surface area contributed by atoms with Crippen molar-refractivity contribution in [1.82, 2.24) is 9.97 Å². The summed E-state index contributed by atoms with van der Waals surface area (Å²) in [4.78, 5) is 11.1. The van der Waals surface area contributed by atoms with E-state index in [1.54, 1.807) is 0 Å². The van der Waals surface area contributed by atoms with Crippen LogP contribution in [0.1, 0.15) is 52.4 Å². The van der Waals surface area contributed by atoms with E-state index in [4.69, 9.17) is 5.73 Å². The number of rotatable bonds is 6. The van der Waals surface area contributed by atoms with Crippen LogP contribution in [0, 0.1) is 0 Å². The van der Waals surface area contributed by atoms with Gasteiger partial charge in [0.25, 0.3) is 0 Å². The Hall–Kier alpha value is -1.52. The summed E-state index contributed by atoms with van der Waals surface area (Å²) in [5.41, 5.74) is 5.87. The molecule has 1 aliphatic rings. The quantitative estimate of drug-likeness (QED) is 0.836. The number of nitrogens with two attached hydrogens (primary N) is 1. The largest absolute Gasteiger partial charge is 0.370 e. The molecule has 2 heterocycles. The maximum absolute atomic E-state index is 5.87. The first-order valence-electron chi connectivity index (χ1n) is 7.89. The van der Waals surface area contributed by atoms with E-state index < -0.39 is 0 Å². The molecule has 3 N–H and O–H groups in total. The molecule has 0 spiro atoms. The van der Waals surface area contributed by atoms with Crippen molar-refractivity contribution < 1.29 is 0 Å². The van der Waals surface area contributed by atoms with E-state index in [-0.39, 0.29) is 0 Å². The maximum Gasteiger partial charge on any atom is 0.223 e. The molecular weight excluding hydrogens is 250 g/mol. The van der Waals surface area contributed by atoms with Crippen molar-refractivity contribution in [1.29, 1.82) is 0 Å². The first kappa shape index (κ1) is 14.9. The summed E-state index contributed by atoms with van der Waals surface area (Å²) >= 11 is 0. The van der Waals surface area contributed by atoms with Gasteiger partial charge in [0, 0.05) is 25.2 Å². The van der Waals surface area contributed by atoms with E-state index in [1.165, 1.54) is 32.1 Å². The molecular formula is C15H27N5. The minimum absolute atomic E-state index is 0.363. The van der Waals surface area contributed by atoms with Crippen molar-refractivity contribution in [3.05, 3.63) is 6.07 Å². The third kappa shape index (κ3) is 3.74. The Morgan fingerprint density at radius 1 is 1.30 bits per heavy atom. The summed E-state index contributed by atoms with van der Waals surface area (Å²) in [6.45, 7) is 6.37. The number of hydrogen-bond acceptors (Lipinski definition) is 5. The molecule has 112 valence electrons. The molecule has 5 nitrogen and oxygen atoms in total. The molecule has 1 saturated heterocycles. The molecule has 20 heavy (non-hydrogen) atoms. The highest BCUT2D eigenvalue weighted by molar-refractivity contribution is 5.53. The van der Waals surface area contributed by atoms with Crippen LogP contribution in [0.2, 0.25) is 0 Å². The molecule has 0 amide bonds. The fourth-order valence-corrected chi connectivity index (χ4v) is 2.88. The predicted molar refractivity (Wildman–Crippen MR) is 85.1 cm³/mol. The molecule has 1 fully saturated rings. The van der Waals surface area contributed by atoms with Crippen LogP contribution in [0.5, 0.6) is 0 Å². The van der Waals surface area contributed by atoms with E-state index in [9.17, 15) is 0 Å². The lowest BCUT2D eigenvalue weighted by Crippen LogP contribution is -2.40. The summed E-state index contributed by atoms with van der Waals surface area (Å²) in [6, 6.07) is 2.64. The van der Waals surface area contributed by atoms with Gasteiger partial charge >= 0.3 is 0 Å². The normalized spacial score (nSPS) is 19.1. The zero-order chi connectivity index (χ0) is 14.4. The van der Waals surface area contributed by atoms with Crippen molar-refractivity contribution in [2.45, 2.75) is 58.4 Å². The Bertz CT molecular complexity index is 419. The van der Waals surface area contributed by atoms with Gasteiger partial charge in [-0.3, -0.25) is 0 Å². The molecule has 0 aromatic carbocycles. The lowest BCUT2D eigenvalue weighted by molar-refractivity contribution is 0.432. The molecule has 1 unspecified atom stereocenters. The van der Waals surface area contributed by atoms with Gasteiger partial charge in [-0.15, -0.1) is 0 Å². The van der Waals surface area contributed by atoms with Crippen LogP contribution in [0.3, 0.4) is 0 Å². The highest BCUT2D eigenvalue weighted by atomic mass is 15.2. The number of hydrogen-bond donors (Lipinski definition) is 2. The fraction of sp³-hybridized carbons (Fsp3) is 0.733. The maximum atomic E-state index is 5.87. The van der Waals surface area contributed by atoms with Gasteiger partial charge in [0.1, 0.15) is 11.6 Å². The standard InChI is InChI=1S/C15H27N5/c1-3-7-12-8-5-6-10-20(12)14-11-13(17-9-4-2)18-15(16)19-14/h11-12H,3-10H2,1-2H3,(H3,16,17,18,19). The molecule has 0 aliphatic carbocycles. The number of nitrogen functional groups attached to an aromatic ring is 1. The number of piperidine rings is 1. The van der Waals surface area contributed by atoms with Crippen LogP contribution in [-0.4, -0.2) is 29.1 Å². The van der Waals surface area contributed by atoms with Crippen molar-refractivity contribution in [2.75, 3.05) is 29.0 Å². The average molecular weight is 277 g/mol. The van der Waals surface area contributed by atoms with Crippen molar-refractivity contribution in [2.24, 2.45) is 0 Å². The van der Waals surface area contributed by atoms with Crippen molar-refractivity contribution in [3.63, 3.8) is 0 Å². The molecule has 1 aliphatic heterocycles. The first-order valence-corrected chi connectivity index (χ1v) is 7.89. The van der Waals surface area contributed by atoms with Crippen LogP contribution in [0.25, 0.3) is 0 Å². The number of nitrogens with zero attached hydrogens (tertiary/aromatic N) is 3. The summed E-state index contributed by atoms with van der Waals surface area (Å²) < 4.78 is 0. The first-order chi connectivity index (χ1) is 9.74. The van der Waals surface area contributed by atoms with Gasteiger partial charge in [0.2, 0.25) is 5.95 Å². The third-order valence-corrected chi connectivity index (χ3v) is 3.83.